The maximum Gasteiger partial charge on any atom is 0.148 e. The number of hydrogen-bond donors (Lipinski definition) is 0. The van der Waals surface area contributed by atoms with Gasteiger partial charge in [0.2, 0.25) is 0 Å². The predicted octanol–water partition coefficient (Wildman–Crippen LogP) is 2.26. The highest BCUT2D eigenvalue weighted by Gasteiger charge is 2.08. The Labute approximate surface area is 77.7 Å². The van der Waals surface area contributed by atoms with E-state index in [0.29, 0.717) is 0 Å². The summed E-state index contributed by atoms with van der Waals surface area (Å²) >= 11 is 3.23. The van der Waals surface area contributed by atoms with Crippen molar-refractivity contribution < 1.29 is 8.78 Å². The van der Waals surface area contributed by atoms with Gasteiger partial charge in [0, 0.05) is 6.20 Å². The Morgan fingerprint density at radius 3 is 2.83 bits per heavy atom. The number of alkyl halides is 2. The van der Waals surface area contributed by atoms with Crippen LogP contribution in [0.3, 0.4) is 0 Å². The Kier molecular flexibility index (Phi) is 3.20. The van der Waals surface area contributed by atoms with Crippen molar-refractivity contribution in [2.75, 3.05) is 6.67 Å². The highest BCUT2D eigenvalue weighted by atomic mass is 79.9. The first kappa shape index (κ1) is 9.64. The standard InChI is InChI=1S/C7H9BrF2N2/c1-5-7(8)4-12(11-5)3-6(10)2-9/h4,6H,2-3H2,1H3. The normalized spacial score (nSPS) is 13.3. The molecule has 0 aliphatic carbocycles. The first-order valence-electron chi connectivity index (χ1n) is 3.53. The summed E-state index contributed by atoms with van der Waals surface area (Å²) < 4.78 is 26.5. The van der Waals surface area contributed by atoms with Crippen LogP contribution >= 0.6 is 15.9 Å². The Morgan fingerprint density at radius 1 is 1.75 bits per heavy atom. The lowest BCUT2D eigenvalue weighted by Gasteiger charge is -2.02. The Hall–Kier alpha value is -0.450. The minimum Gasteiger partial charge on any atom is -0.268 e. The smallest absolute Gasteiger partial charge is 0.148 e. The molecule has 0 amide bonds. The third-order valence-corrected chi connectivity index (χ3v) is 2.22. The quantitative estimate of drug-likeness (QED) is 0.791. The van der Waals surface area contributed by atoms with Crippen molar-refractivity contribution in [2.24, 2.45) is 0 Å². The van der Waals surface area contributed by atoms with Crippen LogP contribution in [0.1, 0.15) is 5.69 Å². The SMILES string of the molecule is Cc1nn(CC(F)CF)cc1Br. The molecule has 0 fully saturated rings. The second-order valence-electron chi connectivity index (χ2n) is 2.54. The predicted molar refractivity (Wildman–Crippen MR) is 45.5 cm³/mol. The van der Waals surface area contributed by atoms with Gasteiger partial charge in [-0.25, -0.2) is 8.78 Å². The van der Waals surface area contributed by atoms with Crippen molar-refractivity contribution in [1.82, 2.24) is 9.78 Å². The fourth-order valence-electron chi connectivity index (χ4n) is 0.839. The summed E-state index contributed by atoms with van der Waals surface area (Å²) in [5.74, 6) is 0. The van der Waals surface area contributed by atoms with Crippen LogP contribution in [0.15, 0.2) is 10.7 Å². The molecule has 1 heterocycles. The van der Waals surface area contributed by atoms with Gasteiger partial charge in [-0.15, -0.1) is 0 Å². The Morgan fingerprint density at radius 2 is 2.42 bits per heavy atom. The average molecular weight is 239 g/mol. The maximum atomic E-state index is 12.5. The van der Waals surface area contributed by atoms with E-state index in [1.165, 1.54) is 4.68 Å². The minimum atomic E-state index is -1.46. The van der Waals surface area contributed by atoms with Gasteiger partial charge in [-0.2, -0.15) is 5.10 Å². The summed E-state index contributed by atoms with van der Waals surface area (Å²) in [4.78, 5) is 0. The van der Waals surface area contributed by atoms with Crippen LogP contribution in [0.25, 0.3) is 0 Å². The molecule has 0 aliphatic heterocycles. The number of halogens is 3. The Balaban J connectivity index is 2.64. The molecule has 0 spiro atoms. The third kappa shape index (κ3) is 2.27. The second kappa shape index (κ2) is 3.98. The van der Waals surface area contributed by atoms with E-state index in [1.54, 1.807) is 13.1 Å². The highest BCUT2D eigenvalue weighted by Crippen LogP contribution is 2.13. The molecular weight excluding hydrogens is 230 g/mol. The van der Waals surface area contributed by atoms with E-state index in [1.807, 2.05) is 0 Å². The maximum absolute atomic E-state index is 12.5. The van der Waals surface area contributed by atoms with Crippen molar-refractivity contribution in [1.29, 1.82) is 0 Å². The molecule has 5 heteroatoms. The third-order valence-electron chi connectivity index (χ3n) is 1.44. The van der Waals surface area contributed by atoms with Gasteiger partial charge in [-0.1, -0.05) is 0 Å². The lowest BCUT2D eigenvalue weighted by atomic mass is 10.4. The zero-order valence-corrected chi connectivity index (χ0v) is 8.18. The van der Waals surface area contributed by atoms with E-state index in [2.05, 4.69) is 21.0 Å². The van der Waals surface area contributed by atoms with Crippen LogP contribution < -0.4 is 0 Å². The molecule has 0 aromatic carbocycles. The zero-order chi connectivity index (χ0) is 9.14. The summed E-state index contributed by atoms with van der Waals surface area (Å²) in [6.45, 7) is 0.808. The highest BCUT2D eigenvalue weighted by molar-refractivity contribution is 9.10. The van der Waals surface area contributed by atoms with Crippen LogP contribution in [0, 0.1) is 6.92 Å². The molecule has 1 rings (SSSR count). The van der Waals surface area contributed by atoms with E-state index < -0.39 is 12.8 Å². The molecule has 0 N–H and O–H groups in total. The van der Waals surface area contributed by atoms with Gasteiger partial charge in [0.1, 0.15) is 12.8 Å². The number of rotatable bonds is 3. The lowest BCUT2D eigenvalue weighted by Crippen LogP contribution is -2.13. The summed E-state index contributed by atoms with van der Waals surface area (Å²) in [6, 6.07) is 0. The van der Waals surface area contributed by atoms with Gasteiger partial charge in [0.25, 0.3) is 0 Å². The van der Waals surface area contributed by atoms with Gasteiger partial charge in [0.15, 0.2) is 0 Å². The van der Waals surface area contributed by atoms with E-state index in [4.69, 9.17) is 0 Å². The average Bonchev–Trinajstić information content (AvgIpc) is 2.31. The van der Waals surface area contributed by atoms with E-state index >= 15 is 0 Å². The number of aromatic nitrogens is 2. The summed E-state index contributed by atoms with van der Waals surface area (Å²) in [7, 11) is 0. The van der Waals surface area contributed by atoms with Crippen molar-refractivity contribution in [3.8, 4) is 0 Å². The molecule has 0 saturated carbocycles. The molecule has 68 valence electrons. The van der Waals surface area contributed by atoms with Crippen molar-refractivity contribution in [3.05, 3.63) is 16.4 Å². The molecule has 0 radical (unpaired) electrons. The summed E-state index contributed by atoms with van der Waals surface area (Å²) in [5.41, 5.74) is 0.779. The van der Waals surface area contributed by atoms with E-state index in [-0.39, 0.29) is 6.54 Å². The van der Waals surface area contributed by atoms with Crippen molar-refractivity contribution >= 4 is 15.9 Å². The first-order valence-corrected chi connectivity index (χ1v) is 4.32. The van der Waals surface area contributed by atoms with E-state index in [9.17, 15) is 8.78 Å². The molecular formula is C7H9BrF2N2. The van der Waals surface area contributed by atoms with Gasteiger partial charge < -0.3 is 0 Å². The Bertz CT molecular complexity index is 242. The van der Waals surface area contributed by atoms with Crippen LogP contribution in [0.2, 0.25) is 0 Å². The largest absolute Gasteiger partial charge is 0.268 e. The molecule has 2 nitrogen and oxygen atoms in total. The van der Waals surface area contributed by atoms with Crippen LogP contribution in [-0.2, 0) is 6.54 Å². The van der Waals surface area contributed by atoms with Crippen LogP contribution in [0.5, 0.6) is 0 Å². The fourth-order valence-corrected chi connectivity index (χ4v) is 1.15. The molecule has 1 atom stereocenters. The van der Waals surface area contributed by atoms with Gasteiger partial charge >= 0.3 is 0 Å². The van der Waals surface area contributed by atoms with Crippen LogP contribution in [0.4, 0.5) is 8.78 Å². The monoisotopic (exact) mass is 238 g/mol. The van der Waals surface area contributed by atoms with Crippen LogP contribution in [-0.4, -0.2) is 22.6 Å². The van der Waals surface area contributed by atoms with Gasteiger partial charge in [0.05, 0.1) is 16.7 Å². The number of hydrogen-bond acceptors (Lipinski definition) is 1. The molecule has 1 unspecified atom stereocenters. The molecule has 12 heavy (non-hydrogen) atoms. The van der Waals surface area contributed by atoms with Gasteiger partial charge in [-0.3, -0.25) is 4.68 Å². The van der Waals surface area contributed by atoms with Gasteiger partial charge in [-0.05, 0) is 22.9 Å². The lowest BCUT2D eigenvalue weighted by molar-refractivity contribution is 0.227. The van der Waals surface area contributed by atoms with Crippen molar-refractivity contribution in [3.63, 3.8) is 0 Å². The topological polar surface area (TPSA) is 17.8 Å². The first-order chi connectivity index (χ1) is 5.63. The summed E-state index contributed by atoms with van der Waals surface area (Å²) in [6.07, 6.45) is 0.175. The zero-order valence-electron chi connectivity index (χ0n) is 6.60. The fraction of sp³-hybridized carbons (Fsp3) is 0.571. The minimum absolute atomic E-state index is 0.0249. The molecule has 0 aliphatic rings. The molecule has 0 saturated heterocycles. The molecule has 0 bridgehead atoms. The summed E-state index contributed by atoms with van der Waals surface area (Å²) in [5, 5.41) is 3.96. The van der Waals surface area contributed by atoms with Crippen molar-refractivity contribution in [2.45, 2.75) is 19.6 Å². The second-order valence-corrected chi connectivity index (χ2v) is 3.39. The van der Waals surface area contributed by atoms with E-state index in [0.717, 1.165) is 10.2 Å². The number of nitrogens with zero attached hydrogens (tertiary/aromatic N) is 2. The number of aryl methyl sites for hydroxylation is 1. The molecule has 1 aromatic rings. The molecule has 1 aromatic heterocycles.